The van der Waals surface area contributed by atoms with Crippen LogP contribution in [0.1, 0.15) is 12.8 Å². The van der Waals surface area contributed by atoms with E-state index in [-0.39, 0.29) is 12.0 Å². The molecule has 2 aliphatic heterocycles. The van der Waals surface area contributed by atoms with Crippen LogP contribution in [-0.2, 0) is 14.3 Å². The molecule has 2 heterocycles. The average Bonchev–Trinajstić information content (AvgIpc) is 2.72. The Bertz CT molecular complexity index is 189. The molecule has 4 heteroatoms. The van der Waals surface area contributed by atoms with E-state index in [9.17, 15) is 4.79 Å². The van der Waals surface area contributed by atoms with Crippen molar-refractivity contribution in [3.05, 3.63) is 0 Å². The standard InChI is InChI=1S/C9H15NO3/c11-9-8(2-4-13-9)10-5-7-1-3-12-6-7/h7-8,10H,1-6H2. The molecule has 0 aromatic rings. The highest BCUT2D eigenvalue weighted by molar-refractivity contribution is 5.77. The maximum Gasteiger partial charge on any atom is 0.323 e. The van der Waals surface area contributed by atoms with Crippen LogP contribution in [0.3, 0.4) is 0 Å². The van der Waals surface area contributed by atoms with Gasteiger partial charge in [0.25, 0.3) is 0 Å². The second-order valence-corrected chi connectivity index (χ2v) is 3.65. The van der Waals surface area contributed by atoms with Crippen LogP contribution in [0.2, 0.25) is 0 Å². The van der Waals surface area contributed by atoms with Crippen LogP contribution in [0, 0.1) is 5.92 Å². The summed E-state index contributed by atoms with van der Waals surface area (Å²) < 4.78 is 10.1. The van der Waals surface area contributed by atoms with Crippen molar-refractivity contribution in [2.75, 3.05) is 26.4 Å². The second kappa shape index (κ2) is 4.07. The Morgan fingerprint density at radius 1 is 1.38 bits per heavy atom. The number of esters is 1. The Morgan fingerprint density at radius 2 is 2.31 bits per heavy atom. The molecule has 74 valence electrons. The third-order valence-electron chi connectivity index (χ3n) is 2.61. The van der Waals surface area contributed by atoms with Crippen molar-refractivity contribution >= 4 is 5.97 Å². The van der Waals surface area contributed by atoms with Crippen LogP contribution < -0.4 is 5.32 Å². The van der Waals surface area contributed by atoms with E-state index >= 15 is 0 Å². The molecule has 0 aromatic heterocycles. The van der Waals surface area contributed by atoms with Crippen LogP contribution in [0.15, 0.2) is 0 Å². The Hall–Kier alpha value is -0.610. The molecule has 0 aliphatic carbocycles. The molecule has 0 amide bonds. The molecule has 2 fully saturated rings. The molecule has 0 aromatic carbocycles. The zero-order valence-corrected chi connectivity index (χ0v) is 7.62. The predicted molar refractivity (Wildman–Crippen MR) is 46.3 cm³/mol. The van der Waals surface area contributed by atoms with E-state index < -0.39 is 0 Å². The van der Waals surface area contributed by atoms with Crippen LogP contribution in [0.5, 0.6) is 0 Å². The number of carbonyl (C=O) groups is 1. The van der Waals surface area contributed by atoms with Gasteiger partial charge < -0.3 is 14.8 Å². The lowest BCUT2D eigenvalue weighted by molar-refractivity contribution is -0.139. The molecule has 0 bridgehead atoms. The normalized spacial score (nSPS) is 33.7. The third-order valence-corrected chi connectivity index (χ3v) is 2.61. The van der Waals surface area contributed by atoms with Crippen LogP contribution in [0.4, 0.5) is 0 Å². The number of cyclic esters (lactones) is 1. The highest BCUT2D eigenvalue weighted by atomic mass is 16.5. The predicted octanol–water partition coefficient (Wildman–Crippen LogP) is -0.0720. The number of carbonyl (C=O) groups excluding carboxylic acids is 1. The first-order chi connectivity index (χ1) is 6.36. The van der Waals surface area contributed by atoms with Crippen molar-refractivity contribution in [2.45, 2.75) is 18.9 Å². The summed E-state index contributed by atoms with van der Waals surface area (Å²) in [4.78, 5) is 11.1. The summed E-state index contributed by atoms with van der Waals surface area (Å²) >= 11 is 0. The highest BCUT2D eigenvalue weighted by Gasteiger charge is 2.27. The van der Waals surface area contributed by atoms with Gasteiger partial charge in [-0.1, -0.05) is 0 Å². The maximum atomic E-state index is 11.1. The van der Waals surface area contributed by atoms with Gasteiger partial charge in [0.2, 0.25) is 0 Å². The fourth-order valence-electron chi connectivity index (χ4n) is 1.73. The van der Waals surface area contributed by atoms with Gasteiger partial charge in [-0.15, -0.1) is 0 Å². The van der Waals surface area contributed by atoms with Gasteiger partial charge in [-0.25, -0.2) is 0 Å². The number of hydrogen-bond acceptors (Lipinski definition) is 4. The van der Waals surface area contributed by atoms with E-state index in [2.05, 4.69) is 5.32 Å². The Balaban J connectivity index is 1.69. The van der Waals surface area contributed by atoms with E-state index in [4.69, 9.17) is 9.47 Å². The summed E-state index contributed by atoms with van der Waals surface area (Å²) in [7, 11) is 0. The third kappa shape index (κ3) is 2.19. The first-order valence-electron chi connectivity index (χ1n) is 4.84. The number of hydrogen-bond donors (Lipinski definition) is 1. The summed E-state index contributed by atoms with van der Waals surface area (Å²) in [6.45, 7) is 3.13. The first kappa shape index (κ1) is 8.97. The zero-order chi connectivity index (χ0) is 9.10. The molecular weight excluding hydrogens is 170 g/mol. The summed E-state index contributed by atoms with van der Waals surface area (Å²) in [6, 6.07) is -0.0689. The molecule has 13 heavy (non-hydrogen) atoms. The van der Waals surface area contributed by atoms with Gasteiger partial charge >= 0.3 is 5.97 Å². The minimum atomic E-state index is -0.0982. The molecule has 2 aliphatic rings. The van der Waals surface area contributed by atoms with Gasteiger partial charge in [0.15, 0.2) is 0 Å². The van der Waals surface area contributed by atoms with Crippen molar-refractivity contribution in [3.8, 4) is 0 Å². The zero-order valence-electron chi connectivity index (χ0n) is 7.62. The minimum Gasteiger partial charge on any atom is -0.464 e. The van der Waals surface area contributed by atoms with Crippen LogP contribution in [0.25, 0.3) is 0 Å². The molecule has 2 atom stereocenters. The molecule has 2 rings (SSSR count). The van der Waals surface area contributed by atoms with E-state index in [1.807, 2.05) is 0 Å². The van der Waals surface area contributed by atoms with E-state index in [0.29, 0.717) is 12.5 Å². The number of ether oxygens (including phenoxy) is 2. The molecule has 1 N–H and O–H groups in total. The number of rotatable bonds is 3. The fourth-order valence-corrected chi connectivity index (χ4v) is 1.73. The molecular formula is C9H15NO3. The van der Waals surface area contributed by atoms with Gasteiger partial charge in [-0.3, -0.25) is 4.79 Å². The molecule has 0 saturated carbocycles. The summed E-state index contributed by atoms with van der Waals surface area (Å²) in [5.41, 5.74) is 0. The Kier molecular flexibility index (Phi) is 2.80. The monoisotopic (exact) mass is 185 g/mol. The second-order valence-electron chi connectivity index (χ2n) is 3.65. The Labute approximate surface area is 77.6 Å². The van der Waals surface area contributed by atoms with E-state index in [1.165, 1.54) is 0 Å². The lowest BCUT2D eigenvalue weighted by atomic mass is 10.1. The van der Waals surface area contributed by atoms with Crippen molar-refractivity contribution < 1.29 is 14.3 Å². The van der Waals surface area contributed by atoms with E-state index in [1.54, 1.807) is 0 Å². The van der Waals surface area contributed by atoms with Crippen molar-refractivity contribution in [1.82, 2.24) is 5.32 Å². The van der Waals surface area contributed by atoms with Crippen molar-refractivity contribution in [1.29, 1.82) is 0 Å². The topological polar surface area (TPSA) is 47.6 Å². The van der Waals surface area contributed by atoms with Crippen LogP contribution in [-0.4, -0.2) is 38.4 Å². The molecule has 2 unspecified atom stereocenters. The molecule has 2 saturated heterocycles. The lowest BCUT2D eigenvalue weighted by Crippen LogP contribution is -2.36. The number of nitrogens with one attached hydrogen (secondary N) is 1. The SMILES string of the molecule is O=C1OCCC1NCC1CCOC1. The molecule has 4 nitrogen and oxygen atoms in total. The molecule has 0 spiro atoms. The highest BCUT2D eigenvalue weighted by Crippen LogP contribution is 2.12. The largest absolute Gasteiger partial charge is 0.464 e. The quantitative estimate of drug-likeness (QED) is 0.625. The van der Waals surface area contributed by atoms with Gasteiger partial charge in [-0.2, -0.15) is 0 Å². The Morgan fingerprint density at radius 3 is 2.92 bits per heavy atom. The van der Waals surface area contributed by atoms with Crippen LogP contribution >= 0.6 is 0 Å². The average molecular weight is 185 g/mol. The minimum absolute atomic E-state index is 0.0689. The van der Waals surface area contributed by atoms with Gasteiger partial charge in [-0.05, 0) is 12.3 Å². The molecule has 0 radical (unpaired) electrons. The smallest absolute Gasteiger partial charge is 0.323 e. The van der Waals surface area contributed by atoms with Crippen molar-refractivity contribution in [3.63, 3.8) is 0 Å². The van der Waals surface area contributed by atoms with Gasteiger partial charge in [0.1, 0.15) is 6.04 Å². The summed E-state index contributed by atoms with van der Waals surface area (Å²) in [6.07, 6.45) is 1.92. The van der Waals surface area contributed by atoms with E-state index in [0.717, 1.165) is 32.6 Å². The summed E-state index contributed by atoms with van der Waals surface area (Å²) in [5.74, 6) is 0.479. The van der Waals surface area contributed by atoms with Gasteiger partial charge in [0, 0.05) is 19.6 Å². The maximum absolute atomic E-state index is 11.1. The summed E-state index contributed by atoms with van der Waals surface area (Å²) in [5, 5.41) is 3.22. The van der Waals surface area contributed by atoms with Crippen molar-refractivity contribution in [2.24, 2.45) is 5.92 Å². The van der Waals surface area contributed by atoms with Gasteiger partial charge in [0.05, 0.1) is 13.2 Å². The fraction of sp³-hybridized carbons (Fsp3) is 0.889. The lowest BCUT2D eigenvalue weighted by Gasteiger charge is -2.11. The first-order valence-corrected chi connectivity index (χ1v) is 4.84.